The third kappa shape index (κ3) is 5.37. The fourth-order valence-corrected chi connectivity index (χ4v) is 3.88. The topological polar surface area (TPSA) is 72.2 Å². The zero-order chi connectivity index (χ0) is 16.7. The van der Waals surface area contributed by atoms with Crippen molar-refractivity contribution >= 4 is 34.0 Å². The SMILES string of the molecule is CC[C@@H](Cc1ccccc1)NC(=O)CSc1ccsc1[N+](=O)[O-]. The van der Waals surface area contributed by atoms with Crippen molar-refractivity contribution in [3.8, 4) is 0 Å². The van der Waals surface area contributed by atoms with E-state index in [0.29, 0.717) is 4.90 Å². The predicted molar refractivity (Wildman–Crippen MR) is 94.1 cm³/mol. The largest absolute Gasteiger partial charge is 0.352 e. The van der Waals surface area contributed by atoms with Gasteiger partial charge < -0.3 is 5.32 Å². The maximum absolute atomic E-state index is 12.1. The first-order valence-corrected chi connectivity index (χ1v) is 9.14. The Labute approximate surface area is 143 Å². The molecule has 0 bridgehead atoms. The van der Waals surface area contributed by atoms with Crippen molar-refractivity contribution in [1.82, 2.24) is 5.32 Å². The molecule has 0 aliphatic carbocycles. The Kier molecular flexibility index (Phi) is 6.61. The quantitative estimate of drug-likeness (QED) is 0.445. The molecule has 0 unspecified atom stereocenters. The number of carbonyl (C=O) groups excluding carboxylic acids is 1. The van der Waals surface area contributed by atoms with E-state index in [1.54, 1.807) is 11.4 Å². The molecule has 0 spiro atoms. The first-order valence-electron chi connectivity index (χ1n) is 7.28. The number of amides is 1. The van der Waals surface area contributed by atoms with Gasteiger partial charge in [0.2, 0.25) is 5.91 Å². The summed E-state index contributed by atoms with van der Waals surface area (Å²) in [5, 5.41) is 15.6. The molecule has 0 radical (unpaired) electrons. The molecule has 0 fully saturated rings. The van der Waals surface area contributed by atoms with Gasteiger partial charge in [-0.05, 0) is 29.9 Å². The van der Waals surface area contributed by atoms with E-state index >= 15 is 0 Å². The summed E-state index contributed by atoms with van der Waals surface area (Å²) in [5.74, 6) is 0.0846. The minimum atomic E-state index is -0.408. The highest BCUT2D eigenvalue weighted by Crippen LogP contribution is 2.33. The molecule has 0 saturated heterocycles. The molecule has 0 aliphatic rings. The minimum Gasteiger partial charge on any atom is -0.352 e. The number of hydrogen-bond donors (Lipinski definition) is 1. The van der Waals surface area contributed by atoms with E-state index in [1.807, 2.05) is 37.3 Å². The second-order valence-electron chi connectivity index (χ2n) is 5.00. The zero-order valence-electron chi connectivity index (χ0n) is 12.7. The van der Waals surface area contributed by atoms with E-state index in [4.69, 9.17) is 0 Å². The van der Waals surface area contributed by atoms with E-state index in [-0.39, 0.29) is 22.7 Å². The summed E-state index contributed by atoms with van der Waals surface area (Å²) in [6, 6.07) is 11.8. The Morgan fingerprint density at radius 3 is 2.74 bits per heavy atom. The van der Waals surface area contributed by atoms with Crippen LogP contribution in [0.3, 0.4) is 0 Å². The van der Waals surface area contributed by atoms with Crippen LogP contribution in [0.5, 0.6) is 0 Å². The molecule has 1 heterocycles. The molecule has 1 atom stereocenters. The minimum absolute atomic E-state index is 0.0722. The number of hydrogen-bond acceptors (Lipinski definition) is 5. The molecule has 1 amide bonds. The lowest BCUT2D eigenvalue weighted by atomic mass is 10.0. The van der Waals surface area contributed by atoms with Crippen LogP contribution in [0.1, 0.15) is 18.9 Å². The van der Waals surface area contributed by atoms with Crippen LogP contribution in [-0.4, -0.2) is 22.6 Å². The van der Waals surface area contributed by atoms with Crippen molar-refractivity contribution in [2.24, 2.45) is 0 Å². The molecule has 7 heteroatoms. The monoisotopic (exact) mass is 350 g/mol. The Morgan fingerprint density at radius 1 is 1.35 bits per heavy atom. The zero-order valence-corrected chi connectivity index (χ0v) is 14.4. The average molecular weight is 350 g/mol. The molecule has 1 N–H and O–H groups in total. The number of nitro groups is 1. The van der Waals surface area contributed by atoms with Gasteiger partial charge in [-0.1, -0.05) is 48.6 Å². The fraction of sp³-hybridized carbons (Fsp3) is 0.312. The molecule has 23 heavy (non-hydrogen) atoms. The van der Waals surface area contributed by atoms with Gasteiger partial charge in [-0.25, -0.2) is 0 Å². The predicted octanol–water partition coefficient (Wildman–Crippen LogP) is 3.89. The number of rotatable bonds is 8. The Hall–Kier alpha value is -1.86. The summed E-state index contributed by atoms with van der Waals surface area (Å²) in [6.45, 7) is 2.03. The molecule has 0 saturated carbocycles. The Bertz CT molecular complexity index is 658. The molecule has 2 aromatic rings. The van der Waals surface area contributed by atoms with Crippen LogP contribution < -0.4 is 5.32 Å². The van der Waals surface area contributed by atoms with Gasteiger partial charge in [0.25, 0.3) is 0 Å². The van der Waals surface area contributed by atoms with Crippen molar-refractivity contribution < 1.29 is 9.72 Å². The fourth-order valence-electron chi connectivity index (χ4n) is 2.14. The molecule has 1 aromatic heterocycles. The normalized spacial score (nSPS) is 11.9. The maximum atomic E-state index is 12.1. The lowest BCUT2D eigenvalue weighted by Crippen LogP contribution is -2.37. The highest BCUT2D eigenvalue weighted by Gasteiger charge is 2.18. The number of thioether (sulfide) groups is 1. The van der Waals surface area contributed by atoms with Gasteiger partial charge in [0.15, 0.2) is 0 Å². The van der Waals surface area contributed by atoms with Gasteiger partial charge in [0, 0.05) is 6.04 Å². The van der Waals surface area contributed by atoms with E-state index in [1.165, 1.54) is 17.3 Å². The van der Waals surface area contributed by atoms with Crippen LogP contribution in [-0.2, 0) is 11.2 Å². The molecule has 1 aromatic carbocycles. The maximum Gasteiger partial charge on any atom is 0.337 e. The smallest absolute Gasteiger partial charge is 0.337 e. The summed E-state index contributed by atoms with van der Waals surface area (Å²) in [6.07, 6.45) is 1.62. The summed E-state index contributed by atoms with van der Waals surface area (Å²) in [7, 11) is 0. The van der Waals surface area contributed by atoms with Gasteiger partial charge in [0.1, 0.15) is 0 Å². The summed E-state index contributed by atoms with van der Waals surface area (Å²) >= 11 is 2.28. The Morgan fingerprint density at radius 2 is 2.09 bits per heavy atom. The summed E-state index contributed by atoms with van der Waals surface area (Å²) < 4.78 is 0. The second kappa shape index (κ2) is 8.69. The van der Waals surface area contributed by atoms with Crippen molar-refractivity contribution in [3.63, 3.8) is 0 Å². The van der Waals surface area contributed by atoms with Crippen LogP contribution in [0.15, 0.2) is 46.7 Å². The third-order valence-corrected chi connectivity index (χ3v) is 5.36. The van der Waals surface area contributed by atoms with E-state index in [0.717, 1.165) is 24.2 Å². The van der Waals surface area contributed by atoms with Gasteiger partial charge in [0.05, 0.1) is 15.6 Å². The number of nitrogens with one attached hydrogen (secondary N) is 1. The Balaban J connectivity index is 1.85. The van der Waals surface area contributed by atoms with Crippen LogP contribution in [0.25, 0.3) is 0 Å². The molecule has 2 rings (SSSR count). The average Bonchev–Trinajstić information content (AvgIpc) is 3.02. The van der Waals surface area contributed by atoms with Crippen molar-refractivity contribution in [3.05, 3.63) is 57.5 Å². The van der Waals surface area contributed by atoms with E-state index in [2.05, 4.69) is 5.32 Å². The van der Waals surface area contributed by atoms with Crippen molar-refractivity contribution in [1.29, 1.82) is 0 Å². The summed E-state index contributed by atoms with van der Waals surface area (Å²) in [5.41, 5.74) is 1.18. The third-order valence-electron chi connectivity index (χ3n) is 3.32. The van der Waals surface area contributed by atoms with Crippen LogP contribution in [0.4, 0.5) is 5.00 Å². The number of thiophene rings is 1. The summed E-state index contributed by atoms with van der Waals surface area (Å²) in [4.78, 5) is 23.1. The molecular formula is C16H18N2O3S2. The first kappa shape index (κ1) is 17.5. The van der Waals surface area contributed by atoms with Crippen LogP contribution in [0.2, 0.25) is 0 Å². The lowest BCUT2D eigenvalue weighted by Gasteiger charge is -2.17. The number of nitrogens with zero attached hydrogens (tertiary/aromatic N) is 1. The highest BCUT2D eigenvalue weighted by molar-refractivity contribution is 8.00. The molecular weight excluding hydrogens is 332 g/mol. The van der Waals surface area contributed by atoms with Crippen LogP contribution in [0, 0.1) is 10.1 Å². The lowest BCUT2D eigenvalue weighted by molar-refractivity contribution is -0.382. The first-order chi connectivity index (χ1) is 11.1. The van der Waals surface area contributed by atoms with Crippen LogP contribution >= 0.6 is 23.1 Å². The van der Waals surface area contributed by atoms with Crippen molar-refractivity contribution in [2.45, 2.75) is 30.7 Å². The molecule has 122 valence electrons. The number of carbonyl (C=O) groups is 1. The standard InChI is InChI=1S/C16H18N2O3S2/c1-2-13(10-12-6-4-3-5-7-12)17-15(19)11-23-14-8-9-22-16(14)18(20)21/h3-9,13H,2,10-11H2,1H3,(H,17,19)/t13-/m0/s1. The van der Waals surface area contributed by atoms with Crippen molar-refractivity contribution in [2.75, 3.05) is 5.75 Å². The van der Waals surface area contributed by atoms with E-state index < -0.39 is 4.92 Å². The van der Waals surface area contributed by atoms with Gasteiger partial charge in [-0.2, -0.15) is 0 Å². The van der Waals surface area contributed by atoms with E-state index in [9.17, 15) is 14.9 Å². The second-order valence-corrected chi connectivity index (χ2v) is 6.91. The molecule has 0 aliphatic heterocycles. The van der Waals surface area contributed by atoms with Gasteiger partial charge >= 0.3 is 5.00 Å². The van der Waals surface area contributed by atoms with Gasteiger partial charge in [-0.15, -0.1) is 11.8 Å². The number of benzene rings is 1. The van der Waals surface area contributed by atoms with Gasteiger partial charge in [-0.3, -0.25) is 14.9 Å². The molecule has 5 nitrogen and oxygen atoms in total. The highest BCUT2D eigenvalue weighted by atomic mass is 32.2.